The minimum absolute atomic E-state index is 0.184. The molecule has 29 heavy (non-hydrogen) atoms. The second-order valence-corrected chi connectivity index (χ2v) is 9.15. The SMILES string of the molecule is CCNC(=NCC(C)CN1CCOCC1)NC1CCCN(C(=O)OC(C)(C)C)C1. The van der Waals surface area contributed by atoms with E-state index in [1.54, 1.807) is 4.90 Å². The predicted octanol–water partition coefficient (Wildman–Crippen LogP) is 1.91. The molecular formula is C21H41N5O3. The Balaban J connectivity index is 1.84. The Morgan fingerprint density at radius 1 is 1.28 bits per heavy atom. The number of likely N-dealkylation sites (tertiary alicyclic amines) is 1. The van der Waals surface area contributed by atoms with Gasteiger partial charge in [-0.25, -0.2) is 4.79 Å². The van der Waals surface area contributed by atoms with Gasteiger partial charge in [-0.15, -0.1) is 0 Å². The minimum atomic E-state index is -0.468. The van der Waals surface area contributed by atoms with Crippen molar-refractivity contribution in [2.24, 2.45) is 10.9 Å². The number of hydrogen-bond acceptors (Lipinski definition) is 5. The van der Waals surface area contributed by atoms with Crippen LogP contribution < -0.4 is 10.6 Å². The van der Waals surface area contributed by atoms with Gasteiger partial charge < -0.3 is 25.0 Å². The van der Waals surface area contributed by atoms with Crippen molar-refractivity contribution in [3.63, 3.8) is 0 Å². The maximum atomic E-state index is 12.4. The zero-order chi connectivity index (χ0) is 21.3. The van der Waals surface area contributed by atoms with E-state index < -0.39 is 5.60 Å². The number of amides is 1. The van der Waals surface area contributed by atoms with Crippen molar-refractivity contribution in [1.82, 2.24) is 20.4 Å². The highest BCUT2D eigenvalue weighted by Crippen LogP contribution is 2.15. The number of nitrogens with zero attached hydrogens (tertiary/aromatic N) is 3. The van der Waals surface area contributed by atoms with E-state index >= 15 is 0 Å². The highest BCUT2D eigenvalue weighted by atomic mass is 16.6. The molecule has 2 aliphatic rings. The van der Waals surface area contributed by atoms with Crippen molar-refractivity contribution in [3.8, 4) is 0 Å². The monoisotopic (exact) mass is 411 g/mol. The van der Waals surface area contributed by atoms with Crippen molar-refractivity contribution in [2.45, 2.75) is 59.1 Å². The molecule has 2 unspecified atom stereocenters. The number of carbonyl (C=O) groups excluding carboxylic acids is 1. The van der Waals surface area contributed by atoms with Crippen molar-refractivity contribution in [3.05, 3.63) is 0 Å². The summed E-state index contributed by atoms with van der Waals surface area (Å²) in [4.78, 5) is 21.4. The van der Waals surface area contributed by atoms with Crippen LogP contribution in [-0.2, 0) is 9.47 Å². The molecule has 0 spiro atoms. The van der Waals surface area contributed by atoms with E-state index in [4.69, 9.17) is 14.5 Å². The van der Waals surface area contributed by atoms with E-state index in [2.05, 4.69) is 29.4 Å². The van der Waals surface area contributed by atoms with E-state index in [0.29, 0.717) is 12.5 Å². The van der Waals surface area contributed by atoms with Gasteiger partial charge in [0.25, 0.3) is 0 Å². The topological polar surface area (TPSA) is 78.4 Å². The Labute approximate surface area is 176 Å². The van der Waals surface area contributed by atoms with Gasteiger partial charge in [-0.1, -0.05) is 6.92 Å². The molecule has 0 aliphatic carbocycles. The van der Waals surface area contributed by atoms with Gasteiger partial charge in [0, 0.05) is 51.9 Å². The number of guanidine groups is 1. The molecule has 2 fully saturated rings. The maximum Gasteiger partial charge on any atom is 0.410 e. The molecule has 2 saturated heterocycles. The Bertz CT molecular complexity index is 529. The van der Waals surface area contributed by atoms with Crippen LogP contribution in [0.1, 0.15) is 47.5 Å². The predicted molar refractivity (Wildman–Crippen MR) is 116 cm³/mol. The van der Waals surface area contributed by atoms with Gasteiger partial charge in [0.2, 0.25) is 0 Å². The van der Waals surface area contributed by atoms with Crippen molar-refractivity contribution in [1.29, 1.82) is 0 Å². The lowest BCUT2D eigenvalue weighted by atomic mass is 10.1. The number of aliphatic imine (C=N–C) groups is 1. The first-order valence-electron chi connectivity index (χ1n) is 11.1. The van der Waals surface area contributed by atoms with Crippen LogP contribution >= 0.6 is 0 Å². The molecule has 0 aromatic rings. The molecule has 168 valence electrons. The second kappa shape index (κ2) is 11.6. The molecule has 2 heterocycles. The summed E-state index contributed by atoms with van der Waals surface area (Å²) in [5.41, 5.74) is -0.468. The molecule has 8 heteroatoms. The van der Waals surface area contributed by atoms with E-state index in [1.165, 1.54) is 0 Å². The number of nitrogens with one attached hydrogen (secondary N) is 2. The van der Waals surface area contributed by atoms with Crippen molar-refractivity contribution in [2.75, 3.05) is 59.0 Å². The summed E-state index contributed by atoms with van der Waals surface area (Å²) in [5.74, 6) is 1.31. The van der Waals surface area contributed by atoms with Crippen LogP contribution in [0.5, 0.6) is 0 Å². The third-order valence-corrected chi connectivity index (χ3v) is 4.99. The van der Waals surface area contributed by atoms with Crippen LogP contribution in [0.25, 0.3) is 0 Å². The summed E-state index contributed by atoms with van der Waals surface area (Å²) < 4.78 is 11.0. The maximum absolute atomic E-state index is 12.4. The average molecular weight is 412 g/mol. The quantitative estimate of drug-likeness (QED) is 0.514. The van der Waals surface area contributed by atoms with Crippen LogP contribution in [-0.4, -0.2) is 92.5 Å². The Morgan fingerprint density at radius 2 is 2.00 bits per heavy atom. The Hall–Kier alpha value is -1.54. The van der Waals surface area contributed by atoms with Crippen LogP contribution in [0.2, 0.25) is 0 Å². The van der Waals surface area contributed by atoms with E-state index in [1.807, 2.05) is 20.8 Å². The van der Waals surface area contributed by atoms with Gasteiger partial charge in [-0.05, 0) is 46.5 Å². The highest BCUT2D eigenvalue weighted by molar-refractivity contribution is 5.80. The number of hydrogen-bond donors (Lipinski definition) is 2. The van der Waals surface area contributed by atoms with Crippen LogP contribution in [0.4, 0.5) is 4.79 Å². The zero-order valence-corrected chi connectivity index (χ0v) is 19.0. The average Bonchev–Trinajstić information content (AvgIpc) is 2.66. The van der Waals surface area contributed by atoms with Gasteiger partial charge in [-0.2, -0.15) is 0 Å². The lowest BCUT2D eigenvalue weighted by Crippen LogP contribution is -2.53. The second-order valence-electron chi connectivity index (χ2n) is 9.15. The highest BCUT2D eigenvalue weighted by Gasteiger charge is 2.28. The smallest absolute Gasteiger partial charge is 0.410 e. The Kier molecular flexibility index (Phi) is 9.49. The van der Waals surface area contributed by atoms with E-state index in [9.17, 15) is 4.79 Å². The zero-order valence-electron chi connectivity index (χ0n) is 19.0. The van der Waals surface area contributed by atoms with Gasteiger partial charge >= 0.3 is 6.09 Å². The van der Waals surface area contributed by atoms with Gasteiger partial charge in [0.05, 0.1) is 13.2 Å². The lowest BCUT2D eigenvalue weighted by molar-refractivity contribution is 0.0193. The van der Waals surface area contributed by atoms with Crippen LogP contribution in [0.3, 0.4) is 0 Å². The van der Waals surface area contributed by atoms with Gasteiger partial charge in [0.15, 0.2) is 5.96 Å². The minimum Gasteiger partial charge on any atom is -0.444 e. The molecule has 0 aromatic carbocycles. The summed E-state index contributed by atoms with van der Waals surface area (Å²) >= 11 is 0. The third-order valence-electron chi connectivity index (χ3n) is 4.99. The standard InChI is InChI=1S/C21H41N5O3/c1-6-22-19(23-14-17(2)15-25-10-12-28-13-11-25)24-18-8-7-9-26(16-18)20(27)29-21(3,4)5/h17-18H,6-16H2,1-5H3,(H2,22,23,24). The largest absolute Gasteiger partial charge is 0.444 e. The van der Waals surface area contributed by atoms with Gasteiger partial charge in [-0.3, -0.25) is 9.89 Å². The lowest BCUT2D eigenvalue weighted by Gasteiger charge is -2.35. The first-order chi connectivity index (χ1) is 13.8. The van der Waals surface area contributed by atoms with Gasteiger partial charge in [0.1, 0.15) is 5.60 Å². The summed E-state index contributed by atoms with van der Waals surface area (Å²) in [6.07, 6.45) is 1.75. The fraction of sp³-hybridized carbons (Fsp3) is 0.905. The number of piperidine rings is 1. The molecule has 0 bridgehead atoms. The molecule has 2 aliphatic heterocycles. The number of ether oxygens (including phenoxy) is 2. The molecule has 8 nitrogen and oxygen atoms in total. The summed E-state index contributed by atoms with van der Waals surface area (Å²) in [5, 5.41) is 6.86. The third kappa shape index (κ3) is 9.21. The van der Waals surface area contributed by atoms with E-state index in [-0.39, 0.29) is 12.1 Å². The molecule has 0 radical (unpaired) electrons. The van der Waals surface area contributed by atoms with Crippen molar-refractivity contribution >= 4 is 12.1 Å². The summed E-state index contributed by atoms with van der Waals surface area (Å²) in [6.45, 7) is 17.7. The van der Waals surface area contributed by atoms with E-state index in [0.717, 1.165) is 71.3 Å². The molecule has 0 saturated carbocycles. The molecule has 0 aromatic heterocycles. The molecule has 2 atom stereocenters. The van der Waals surface area contributed by atoms with Crippen LogP contribution in [0, 0.1) is 5.92 Å². The molecular weight excluding hydrogens is 370 g/mol. The molecule has 2 N–H and O–H groups in total. The number of morpholine rings is 1. The fourth-order valence-electron chi connectivity index (χ4n) is 3.63. The first-order valence-corrected chi connectivity index (χ1v) is 11.1. The summed E-state index contributed by atoms with van der Waals surface area (Å²) in [6, 6.07) is 0.184. The summed E-state index contributed by atoms with van der Waals surface area (Å²) in [7, 11) is 0. The Morgan fingerprint density at radius 3 is 2.66 bits per heavy atom. The van der Waals surface area contributed by atoms with Crippen molar-refractivity contribution < 1.29 is 14.3 Å². The molecule has 2 rings (SSSR count). The first kappa shape index (κ1) is 23.7. The number of carbonyl (C=O) groups is 1. The fourth-order valence-corrected chi connectivity index (χ4v) is 3.63. The van der Waals surface area contributed by atoms with Crippen LogP contribution in [0.15, 0.2) is 4.99 Å². The number of rotatable bonds is 6. The normalized spacial score (nSPS) is 22.9. The molecule has 1 amide bonds.